The smallest absolute Gasteiger partial charge is 0.183 e. The number of carbonyl (C=O) groups excluding carboxylic acids is 1. The zero-order valence-corrected chi connectivity index (χ0v) is 11.0. The van der Waals surface area contributed by atoms with Crippen LogP contribution in [0.25, 0.3) is 0 Å². The van der Waals surface area contributed by atoms with Gasteiger partial charge in [0.15, 0.2) is 5.78 Å². The van der Waals surface area contributed by atoms with Crippen molar-refractivity contribution in [3.63, 3.8) is 0 Å². The van der Waals surface area contributed by atoms with Gasteiger partial charge in [-0.05, 0) is 37.5 Å². The van der Waals surface area contributed by atoms with Crippen LogP contribution in [-0.4, -0.2) is 18.9 Å². The molecule has 2 N–H and O–H groups in total. The fourth-order valence-corrected chi connectivity index (χ4v) is 2.03. The number of rotatable bonds is 5. The lowest BCUT2D eigenvalue weighted by molar-refractivity contribution is 0.0953. The molecule has 0 aliphatic carbocycles. The zero-order valence-electron chi connectivity index (χ0n) is 11.0. The van der Waals surface area contributed by atoms with Crippen LogP contribution in [-0.2, 0) is 0 Å². The van der Waals surface area contributed by atoms with Crippen molar-refractivity contribution in [1.29, 1.82) is 0 Å². The molecule has 0 fully saturated rings. The summed E-state index contributed by atoms with van der Waals surface area (Å²) in [6, 6.07) is 3.42. The summed E-state index contributed by atoms with van der Waals surface area (Å²) >= 11 is 0. The first-order chi connectivity index (χ1) is 8.01. The molecule has 0 amide bonds. The molecule has 0 saturated heterocycles. The number of hydrogen-bond donors (Lipinski definition) is 1. The SMILES string of the molecule is CCCC(N)C(=O)c1c(C)cc(C)cc1OC. The summed E-state index contributed by atoms with van der Waals surface area (Å²) in [4.78, 5) is 12.2. The number of ether oxygens (including phenoxy) is 1. The lowest BCUT2D eigenvalue weighted by Gasteiger charge is -2.15. The summed E-state index contributed by atoms with van der Waals surface area (Å²) in [6.45, 7) is 5.92. The van der Waals surface area contributed by atoms with Gasteiger partial charge in [-0.1, -0.05) is 19.4 Å². The molecule has 1 atom stereocenters. The molecule has 0 bridgehead atoms. The average Bonchev–Trinajstić information content (AvgIpc) is 2.27. The van der Waals surface area contributed by atoms with E-state index in [1.807, 2.05) is 32.9 Å². The van der Waals surface area contributed by atoms with Gasteiger partial charge in [0.25, 0.3) is 0 Å². The number of carbonyl (C=O) groups is 1. The second-order valence-corrected chi connectivity index (χ2v) is 4.42. The van der Waals surface area contributed by atoms with E-state index in [1.165, 1.54) is 0 Å². The quantitative estimate of drug-likeness (QED) is 0.798. The highest BCUT2D eigenvalue weighted by Gasteiger charge is 2.21. The minimum atomic E-state index is -0.435. The van der Waals surface area contributed by atoms with E-state index in [9.17, 15) is 4.79 Å². The highest BCUT2D eigenvalue weighted by molar-refractivity contribution is 6.03. The summed E-state index contributed by atoms with van der Waals surface area (Å²) in [7, 11) is 1.58. The third-order valence-electron chi connectivity index (χ3n) is 2.85. The molecule has 0 radical (unpaired) electrons. The predicted molar refractivity (Wildman–Crippen MR) is 69.7 cm³/mol. The second kappa shape index (κ2) is 5.82. The van der Waals surface area contributed by atoms with E-state index in [0.29, 0.717) is 17.7 Å². The van der Waals surface area contributed by atoms with Crippen LogP contribution >= 0.6 is 0 Å². The van der Waals surface area contributed by atoms with Crippen molar-refractivity contribution in [2.75, 3.05) is 7.11 Å². The fraction of sp³-hybridized carbons (Fsp3) is 0.500. The minimum absolute atomic E-state index is 0.0267. The molecular weight excluding hydrogens is 214 g/mol. The maximum Gasteiger partial charge on any atom is 0.183 e. The van der Waals surface area contributed by atoms with Gasteiger partial charge in [0.1, 0.15) is 5.75 Å². The van der Waals surface area contributed by atoms with Gasteiger partial charge in [0.2, 0.25) is 0 Å². The summed E-state index contributed by atoms with van der Waals surface area (Å²) in [5, 5.41) is 0. The van der Waals surface area contributed by atoms with Crippen LogP contribution in [0.2, 0.25) is 0 Å². The Balaban J connectivity index is 3.16. The van der Waals surface area contributed by atoms with E-state index in [1.54, 1.807) is 7.11 Å². The third kappa shape index (κ3) is 3.07. The molecule has 1 aromatic carbocycles. The van der Waals surface area contributed by atoms with Crippen molar-refractivity contribution in [2.24, 2.45) is 5.73 Å². The standard InChI is InChI=1S/C14H21NO2/c1-5-6-11(15)14(16)13-10(3)7-9(2)8-12(13)17-4/h7-8,11H,5-6,15H2,1-4H3. The molecule has 17 heavy (non-hydrogen) atoms. The number of hydrogen-bond acceptors (Lipinski definition) is 3. The lowest BCUT2D eigenvalue weighted by atomic mass is 9.95. The van der Waals surface area contributed by atoms with E-state index >= 15 is 0 Å². The monoisotopic (exact) mass is 235 g/mol. The van der Waals surface area contributed by atoms with Gasteiger partial charge in [-0.15, -0.1) is 0 Å². The number of ketones is 1. The Hall–Kier alpha value is -1.35. The van der Waals surface area contributed by atoms with Crippen LogP contribution in [0.5, 0.6) is 5.75 Å². The summed E-state index contributed by atoms with van der Waals surface area (Å²) < 4.78 is 5.28. The first kappa shape index (κ1) is 13.7. The molecule has 1 rings (SSSR count). The van der Waals surface area contributed by atoms with Gasteiger partial charge < -0.3 is 10.5 Å². The summed E-state index contributed by atoms with van der Waals surface area (Å²) in [6.07, 6.45) is 1.61. The minimum Gasteiger partial charge on any atom is -0.496 e. The van der Waals surface area contributed by atoms with Gasteiger partial charge in [0.05, 0.1) is 18.7 Å². The molecule has 0 saturated carbocycles. The van der Waals surface area contributed by atoms with Crippen molar-refractivity contribution in [1.82, 2.24) is 0 Å². The van der Waals surface area contributed by atoms with Crippen LogP contribution in [0.1, 0.15) is 41.3 Å². The van der Waals surface area contributed by atoms with Crippen molar-refractivity contribution in [3.05, 3.63) is 28.8 Å². The molecule has 3 nitrogen and oxygen atoms in total. The Morgan fingerprint density at radius 3 is 2.59 bits per heavy atom. The first-order valence-corrected chi connectivity index (χ1v) is 5.96. The molecule has 1 aromatic rings. The van der Waals surface area contributed by atoms with E-state index < -0.39 is 6.04 Å². The van der Waals surface area contributed by atoms with Gasteiger partial charge in [0, 0.05) is 0 Å². The Bertz CT molecular complexity index is 413. The predicted octanol–water partition coefficient (Wildman–Crippen LogP) is 2.62. The largest absolute Gasteiger partial charge is 0.496 e. The van der Waals surface area contributed by atoms with E-state index in [2.05, 4.69) is 0 Å². The van der Waals surface area contributed by atoms with Crippen molar-refractivity contribution in [2.45, 2.75) is 39.7 Å². The van der Waals surface area contributed by atoms with Crippen LogP contribution < -0.4 is 10.5 Å². The van der Waals surface area contributed by atoms with Crippen LogP contribution in [0.4, 0.5) is 0 Å². The molecule has 0 aliphatic rings. The Kier molecular flexibility index (Phi) is 4.70. The van der Waals surface area contributed by atoms with Gasteiger partial charge in [-0.3, -0.25) is 4.79 Å². The Morgan fingerprint density at radius 2 is 2.06 bits per heavy atom. The normalized spacial score (nSPS) is 12.3. The molecular formula is C14H21NO2. The topological polar surface area (TPSA) is 52.3 Å². The maximum absolute atomic E-state index is 12.2. The molecule has 0 heterocycles. The number of methoxy groups -OCH3 is 1. The highest BCUT2D eigenvalue weighted by atomic mass is 16.5. The van der Waals surface area contributed by atoms with Gasteiger partial charge in [-0.2, -0.15) is 0 Å². The zero-order chi connectivity index (χ0) is 13.0. The molecule has 0 spiro atoms. The third-order valence-corrected chi connectivity index (χ3v) is 2.85. The summed E-state index contributed by atoms with van der Waals surface area (Å²) in [5.41, 5.74) is 8.52. The van der Waals surface area contributed by atoms with Gasteiger partial charge >= 0.3 is 0 Å². The molecule has 3 heteroatoms. The fourth-order valence-electron chi connectivity index (χ4n) is 2.03. The van der Waals surface area contributed by atoms with Crippen molar-refractivity contribution in [3.8, 4) is 5.75 Å². The number of benzene rings is 1. The summed E-state index contributed by atoms with van der Waals surface area (Å²) in [5.74, 6) is 0.597. The maximum atomic E-state index is 12.2. The van der Waals surface area contributed by atoms with E-state index in [0.717, 1.165) is 17.5 Å². The number of aryl methyl sites for hydroxylation is 2. The van der Waals surface area contributed by atoms with E-state index in [4.69, 9.17) is 10.5 Å². The molecule has 0 aliphatic heterocycles. The molecule has 94 valence electrons. The van der Waals surface area contributed by atoms with Crippen LogP contribution in [0.3, 0.4) is 0 Å². The molecule has 0 aromatic heterocycles. The first-order valence-electron chi connectivity index (χ1n) is 5.96. The highest BCUT2D eigenvalue weighted by Crippen LogP contribution is 2.25. The van der Waals surface area contributed by atoms with E-state index in [-0.39, 0.29) is 5.78 Å². The van der Waals surface area contributed by atoms with Gasteiger partial charge in [-0.25, -0.2) is 0 Å². The molecule has 1 unspecified atom stereocenters. The Morgan fingerprint density at radius 1 is 1.41 bits per heavy atom. The van der Waals surface area contributed by atoms with Crippen molar-refractivity contribution < 1.29 is 9.53 Å². The van der Waals surface area contributed by atoms with Crippen LogP contribution in [0.15, 0.2) is 12.1 Å². The van der Waals surface area contributed by atoms with Crippen LogP contribution in [0, 0.1) is 13.8 Å². The average molecular weight is 235 g/mol. The Labute approximate surface area is 103 Å². The number of Topliss-reactive ketones (excluding diaryl/α,β-unsaturated/α-hetero) is 1. The van der Waals surface area contributed by atoms with Crippen molar-refractivity contribution >= 4 is 5.78 Å². The number of nitrogens with two attached hydrogens (primary N) is 1. The second-order valence-electron chi connectivity index (χ2n) is 4.42. The lowest BCUT2D eigenvalue weighted by Crippen LogP contribution is -2.31.